The van der Waals surface area contributed by atoms with Crippen LogP contribution >= 0.6 is 11.3 Å². The third kappa shape index (κ3) is 4.86. The van der Waals surface area contributed by atoms with E-state index in [0.717, 1.165) is 0 Å². The summed E-state index contributed by atoms with van der Waals surface area (Å²) in [6, 6.07) is 9.55. The number of thiazole rings is 1. The fourth-order valence-electron chi connectivity index (χ4n) is 3.60. The Morgan fingerprint density at radius 1 is 1.21 bits per heavy atom. The van der Waals surface area contributed by atoms with Crippen molar-refractivity contribution in [3.05, 3.63) is 64.6 Å². The molecule has 0 aliphatic carbocycles. The number of hydrogen-bond acceptors (Lipinski definition) is 8. The van der Waals surface area contributed by atoms with Crippen LogP contribution in [0.25, 0.3) is 0 Å². The molecule has 10 nitrogen and oxygen atoms in total. The van der Waals surface area contributed by atoms with Crippen LogP contribution in [0.3, 0.4) is 0 Å². The number of nitrogens with zero attached hydrogens (tertiary/aromatic N) is 4. The molecule has 0 bridgehead atoms. The summed E-state index contributed by atoms with van der Waals surface area (Å²) in [5.74, 6) is -0.0150. The minimum Gasteiger partial charge on any atom is -0.469 e. The number of nitrogens with one attached hydrogen (secondary N) is 1. The maximum absolute atomic E-state index is 13.0. The number of amides is 2. The Bertz CT molecular complexity index is 1360. The molecule has 2 aromatic heterocycles. The zero-order valence-corrected chi connectivity index (χ0v) is 19.9. The van der Waals surface area contributed by atoms with E-state index in [-0.39, 0.29) is 54.9 Å². The smallest absolute Gasteiger partial charge is 0.260 e. The highest BCUT2D eigenvalue weighted by atomic mass is 32.2. The standard InChI is InChI=1S/C22H21N5O5S2/c1-15-18(6-11-32-15)21(29)25-22-24-17(14-33-22)12-20(28)26-7-9-27(10-8-26)34(30,31)19-5-3-2-4-16(19)13-23/h2-6,11,14H,7-10,12H2,1H3,(H,24,25,29). The van der Waals surface area contributed by atoms with Gasteiger partial charge in [-0.1, -0.05) is 12.1 Å². The molecule has 0 spiro atoms. The lowest BCUT2D eigenvalue weighted by Gasteiger charge is -2.34. The van der Waals surface area contributed by atoms with E-state index in [1.165, 1.54) is 34.0 Å². The number of piperazine rings is 1. The number of aryl methyl sites for hydroxylation is 1. The van der Waals surface area contributed by atoms with E-state index in [1.54, 1.807) is 35.4 Å². The average Bonchev–Trinajstić information content (AvgIpc) is 3.47. The minimum atomic E-state index is -3.83. The monoisotopic (exact) mass is 499 g/mol. The first kappa shape index (κ1) is 23.6. The molecule has 4 rings (SSSR count). The number of benzene rings is 1. The van der Waals surface area contributed by atoms with Crippen LogP contribution in [0.15, 0.2) is 51.3 Å². The van der Waals surface area contributed by atoms with Gasteiger partial charge in [-0.25, -0.2) is 13.4 Å². The highest BCUT2D eigenvalue weighted by molar-refractivity contribution is 7.89. The largest absolute Gasteiger partial charge is 0.469 e. The van der Waals surface area contributed by atoms with Gasteiger partial charge in [0.1, 0.15) is 11.8 Å². The number of nitriles is 1. The summed E-state index contributed by atoms with van der Waals surface area (Å²) >= 11 is 1.22. The molecule has 176 valence electrons. The molecule has 0 unspecified atom stereocenters. The van der Waals surface area contributed by atoms with Crippen molar-refractivity contribution in [1.29, 1.82) is 5.26 Å². The van der Waals surface area contributed by atoms with Crippen LogP contribution in [0.1, 0.15) is 27.4 Å². The minimum absolute atomic E-state index is 0.0278. The lowest BCUT2D eigenvalue weighted by Crippen LogP contribution is -2.51. The number of anilines is 1. The van der Waals surface area contributed by atoms with Crippen LogP contribution in [0.2, 0.25) is 0 Å². The first-order chi connectivity index (χ1) is 16.3. The summed E-state index contributed by atoms with van der Waals surface area (Å²) in [7, 11) is -3.83. The van der Waals surface area contributed by atoms with Gasteiger partial charge in [0.15, 0.2) is 5.13 Å². The lowest BCUT2D eigenvalue weighted by atomic mass is 10.2. The predicted molar refractivity (Wildman–Crippen MR) is 124 cm³/mol. The number of furan rings is 1. The first-order valence-corrected chi connectivity index (χ1v) is 12.7. The van der Waals surface area contributed by atoms with E-state index >= 15 is 0 Å². The molecule has 1 saturated heterocycles. The maximum atomic E-state index is 13.0. The molecular formula is C22H21N5O5S2. The molecule has 1 aromatic carbocycles. The van der Waals surface area contributed by atoms with Crippen molar-refractivity contribution in [1.82, 2.24) is 14.2 Å². The Morgan fingerprint density at radius 3 is 2.62 bits per heavy atom. The molecular weight excluding hydrogens is 478 g/mol. The lowest BCUT2D eigenvalue weighted by molar-refractivity contribution is -0.131. The van der Waals surface area contributed by atoms with Gasteiger partial charge in [-0.2, -0.15) is 9.57 Å². The zero-order valence-electron chi connectivity index (χ0n) is 18.2. The van der Waals surface area contributed by atoms with Gasteiger partial charge in [-0.05, 0) is 25.1 Å². The second-order valence-electron chi connectivity index (χ2n) is 7.56. The summed E-state index contributed by atoms with van der Waals surface area (Å²) in [5, 5.41) is 14.0. The van der Waals surface area contributed by atoms with Gasteiger partial charge in [0.05, 0.1) is 34.4 Å². The first-order valence-electron chi connectivity index (χ1n) is 10.4. The molecule has 1 fully saturated rings. The van der Waals surface area contributed by atoms with Gasteiger partial charge >= 0.3 is 0 Å². The SMILES string of the molecule is Cc1occc1C(=O)Nc1nc(CC(=O)N2CCN(S(=O)(=O)c3ccccc3C#N)CC2)cs1. The van der Waals surface area contributed by atoms with Gasteiger partial charge in [0.2, 0.25) is 15.9 Å². The number of hydrogen-bond donors (Lipinski definition) is 1. The third-order valence-electron chi connectivity index (χ3n) is 5.42. The normalized spacial score (nSPS) is 14.5. The second kappa shape index (κ2) is 9.76. The summed E-state index contributed by atoms with van der Waals surface area (Å²) in [4.78, 5) is 30.9. The fourth-order valence-corrected chi connectivity index (χ4v) is 5.87. The highest BCUT2D eigenvalue weighted by Gasteiger charge is 2.31. The molecule has 3 heterocycles. The fraction of sp³-hybridized carbons (Fsp3) is 0.273. The molecule has 2 amide bonds. The third-order valence-corrected chi connectivity index (χ3v) is 8.19. The van der Waals surface area contributed by atoms with Crippen LogP contribution in [-0.2, 0) is 21.2 Å². The van der Waals surface area contributed by atoms with E-state index in [0.29, 0.717) is 22.1 Å². The Kier molecular flexibility index (Phi) is 6.78. The zero-order chi connectivity index (χ0) is 24.3. The van der Waals surface area contributed by atoms with Crippen molar-refractivity contribution in [3.8, 4) is 6.07 Å². The van der Waals surface area contributed by atoms with E-state index in [9.17, 15) is 23.3 Å². The molecule has 0 radical (unpaired) electrons. The van der Waals surface area contributed by atoms with Crippen LogP contribution in [0.5, 0.6) is 0 Å². The molecule has 1 N–H and O–H groups in total. The predicted octanol–water partition coefficient (Wildman–Crippen LogP) is 2.24. The Morgan fingerprint density at radius 2 is 1.94 bits per heavy atom. The Hall–Kier alpha value is -3.53. The second-order valence-corrected chi connectivity index (χ2v) is 10.3. The van der Waals surface area contributed by atoms with Gasteiger partial charge in [-0.3, -0.25) is 14.9 Å². The molecule has 34 heavy (non-hydrogen) atoms. The van der Waals surface area contributed by atoms with Gasteiger partial charge < -0.3 is 9.32 Å². The molecule has 0 saturated carbocycles. The Balaban J connectivity index is 1.33. The van der Waals surface area contributed by atoms with Crippen molar-refractivity contribution in [2.45, 2.75) is 18.2 Å². The topological polar surface area (TPSA) is 137 Å². The van der Waals surface area contributed by atoms with Gasteiger partial charge in [-0.15, -0.1) is 11.3 Å². The van der Waals surface area contributed by atoms with Crippen LogP contribution in [0, 0.1) is 18.3 Å². The summed E-state index contributed by atoms with van der Waals surface area (Å²) in [6.07, 6.45) is 1.48. The number of carbonyl (C=O) groups excluding carboxylic acids is 2. The summed E-state index contributed by atoms with van der Waals surface area (Å²) in [5.41, 5.74) is 1.03. The van der Waals surface area contributed by atoms with Crippen molar-refractivity contribution < 1.29 is 22.4 Å². The van der Waals surface area contributed by atoms with E-state index in [2.05, 4.69) is 10.3 Å². The van der Waals surface area contributed by atoms with Crippen LogP contribution < -0.4 is 5.32 Å². The summed E-state index contributed by atoms with van der Waals surface area (Å²) in [6.45, 7) is 2.43. The van der Waals surface area contributed by atoms with Crippen LogP contribution in [0.4, 0.5) is 5.13 Å². The van der Waals surface area contributed by atoms with Crippen molar-refractivity contribution in [3.63, 3.8) is 0 Å². The quantitative estimate of drug-likeness (QED) is 0.549. The van der Waals surface area contributed by atoms with E-state index in [1.807, 2.05) is 6.07 Å². The number of aromatic nitrogens is 1. The van der Waals surface area contributed by atoms with E-state index < -0.39 is 10.0 Å². The molecule has 1 aliphatic rings. The van der Waals surface area contributed by atoms with E-state index in [4.69, 9.17) is 4.42 Å². The van der Waals surface area contributed by atoms with Crippen molar-refractivity contribution in [2.75, 3.05) is 31.5 Å². The molecule has 0 atom stereocenters. The number of carbonyl (C=O) groups is 2. The molecule has 12 heteroatoms. The van der Waals surface area contributed by atoms with Crippen LogP contribution in [-0.4, -0.2) is 60.6 Å². The molecule has 3 aromatic rings. The van der Waals surface area contributed by atoms with Gasteiger partial charge in [0.25, 0.3) is 5.91 Å². The highest BCUT2D eigenvalue weighted by Crippen LogP contribution is 2.22. The number of rotatable bonds is 6. The molecule has 1 aliphatic heterocycles. The average molecular weight is 500 g/mol. The van der Waals surface area contributed by atoms with Gasteiger partial charge in [0, 0.05) is 31.6 Å². The van der Waals surface area contributed by atoms with Crippen molar-refractivity contribution in [2.24, 2.45) is 0 Å². The maximum Gasteiger partial charge on any atom is 0.260 e. The number of sulfonamides is 1. The van der Waals surface area contributed by atoms with Crippen molar-refractivity contribution >= 4 is 38.3 Å². The summed E-state index contributed by atoms with van der Waals surface area (Å²) < 4.78 is 32.3. The Labute approximate surface area is 200 Å².